The molecule has 0 radical (unpaired) electrons. The first-order valence-corrected chi connectivity index (χ1v) is 33.5. The topological polar surface area (TPSA) is 91.5 Å². The third-order valence-corrected chi connectivity index (χ3v) is 17.3. The van der Waals surface area contributed by atoms with E-state index in [2.05, 4.69) is 192 Å². The van der Waals surface area contributed by atoms with Crippen molar-refractivity contribution in [1.29, 1.82) is 0 Å². The molecule has 0 spiro atoms. The molecule has 83 heavy (non-hydrogen) atoms. The van der Waals surface area contributed by atoms with Crippen LogP contribution in [0.5, 0.6) is 0 Å². The number of hydrogen-bond donors (Lipinski definition) is 2. The fourth-order valence-corrected chi connectivity index (χ4v) is 10.8. The van der Waals surface area contributed by atoms with Crippen molar-refractivity contribution >= 4 is 17.7 Å². The number of amides is 3. The smallest absolute Gasteiger partial charge is 0.228 e. The van der Waals surface area contributed by atoms with Crippen LogP contribution in [-0.2, 0) is 14.4 Å². The van der Waals surface area contributed by atoms with E-state index in [0.29, 0.717) is 44.2 Å². The van der Waals surface area contributed by atoms with Gasteiger partial charge in [-0.3, -0.25) is 29.1 Å². The second-order valence-electron chi connectivity index (χ2n) is 37.9. The van der Waals surface area contributed by atoms with E-state index in [1.54, 1.807) is 0 Å². The highest BCUT2D eigenvalue weighted by molar-refractivity contribution is 5.82. The van der Waals surface area contributed by atoms with Gasteiger partial charge in [0.1, 0.15) is 0 Å². The van der Waals surface area contributed by atoms with Gasteiger partial charge in [0.25, 0.3) is 0 Å². The standard InChI is InChI=1S/C14H27NO.C13H27N.C12H26N2.C12H24.C9H18N2O.C9H19NO.C4H10/c1-13(2,3)11-7-9-15(10-8-11)12(16)14(4,5)6;1-12(2,3)11-7-9-14(10-8-11)13(4,5)6;1-11(2,3)13-7-9-14(10-8-13)12(4,5)6;1-11(2,3)9-7-10(8-9)12(4,5)6;1-9(2,3)8(12)11-6-4-10-5-7-11;1-8(2,3)7(11)10-9(4,5)6;1-4(2)3/h11H,7-10H2,1-6H3;11H,7-10H2,1-6H3;7-10H2,1-6H3;9-10H,7-8H2,1-6H3;10H,4-7H2,1-3H3;1-6H3,(H,10,11);4H,1-3H3. The maximum absolute atomic E-state index is 12.1. The van der Waals surface area contributed by atoms with Gasteiger partial charge in [0.05, 0.1) is 0 Å². The van der Waals surface area contributed by atoms with Gasteiger partial charge < -0.3 is 20.4 Å². The first-order chi connectivity index (χ1) is 36.6. The Morgan fingerprint density at radius 3 is 0.795 bits per heavy atom. The summed E-state index contributed by atoms with van der Waals surface area (Å²) in [5.74, 6) is 5.13. The minimum atomic E-state index is -0.284. The molecule has 0 bridgehead atoms. The van der Waals surface area contributed by atoms with Gasteiger partial charge in [-0.05, 0) is 186 Å². The summed E-state index contributed by atoms with van der Waals surface area (Å²) in [5.41, 5.74) is 2.16. The molecule has 5 aliphatic rings. The minimum Gasteiger partial charge on any atom is -0.351 e. The van der Waals surface area contributed by atoms with Crippen LogP contribution in [0.2, 0.25) is 0 Å². The summed E-state index contributed by atoms with van der Waals surface area (Å²) in [7, 11) is 0. The molecule has 0 aromatic carbocycles. The number of carbonyl (C=O) groups is 3. The minimum absolute atomic E-state index is 0.102. The normalized spacial score (nSPS) is 21.0. The number of piperazine rings is 2. The van der Waals surface area contributed by atoms with Crippen molar-refractivity contribution in [3.63, 3.8) is 0 Å². The maximum atomic E-state index is 12.1. The zero-order valence-corrected chi connectivity index (χ0v) is 63.1. The summed E-state index contributed by atoms with van der Waals surface area (Å²) in [6, 6.07) is 0. The van der Waals surface area contributed by atoms with E-state index in [1.165, 1.54) is 65.0 Å². The van der Waals surface area contributed by atoms with Crippen LogP contribution < -0.4 is 10.6 Å². The SMILES string of the molecule is CC(C)(C)C(=O)N1CCC(C(C)(C)C)CC1.CC(C)(C)C(=O)N1CCNCC1.CC(C)(C)C1CC(C(C)(C)C)C1.CC(C)(C)C1CCN(C(C)(C)C)CC1.CC(C)(C)N1CCN(C(C)(C)C)CC1.CC(C)(C)NC(=O)C(C)(C)C.CC(C)C. The number of nitrogens with one attached hydrogen (secondary N) is 2. The summed E-state index contributed by atoms with van der Waals surface area (Å²) < 4.78 is 0. The molecular formula is C73H151N7O3. The second kappa shape index (κ2) is 33.2. The van der Waals surface area contributed by atoms with Crippen LogP contribution in [0.1, 0.15) is 288 Å². The van der Waals surface area contributed by atoms with Gasteiger partial charge in [0, 0.05) is 104 Å². The number of nitrogens with zero attached hydrogens (tertiary/aromatic N) is 5. The molecule has 1 saturated carbocycles. The largest absolute Gasteiger partial charge is 0.351 e. The first-order valence-electron chi connectivity index (χ1n) is 33.5. The van der Waals surface area contributed by atoms with E-state index in [0.717, 1.165) is 81.7 Å². The lowest BCUT2D eigenvalue weighted by Gasteiger charge is -2.49. The van der Waals surface area contributed by atoms with Crippen molar-refractivity contribution in [2.75, 3.05) is 78.5 Å². The van der Waals surface area contributed by atoms with Crippen molar-refractivity contribution in [1.82, 2.24) is 35.1 Å². The Morgan fingerprint density at radius 1 is 0.349 bits per heavy atom. The van der Waals surface area contributed by atoms with Crippen LogP contribution in [0.25, 0.3) is 0 Å². The molecule has 4 heterocycles. The van der Waals surface area contributed by atoms with Crippen molar-refractivity contribution in [3.05, 3.63) is 0 Å². The van der Waals surface area contributed by atoms with Gasteiger partial charge in [0.15, 0.2) is 0 Å². The zero-order valence-electron chi connectivity index (χ0n) is 63.1. The van der Waals surface area contributed by atoms with Crippen molar-refractivity contribution < 1.29 is 14.4 Å². The summed E-state index contributed by atoms with van der Waals surface area (Å²) in [6.45, 7) is 92.1. The average Bonchev–Trinajstić information content (AvgIpc) is 3.25. The van der Waals surface area contributed by atoms with E-state index in [4.69, 9.17) is 0 Å². The summed E-state index contributed by atoms with van der Waals surface area (Å²) in [6.07, 6.45) is 7.97. The third kappa shape index (κ3) is 35.7. The van der Waals surface area contributed by atoms with Gasteiger partial charge in [-0.2, -0.15) is 0 Å². The molecule has 10 nitrogen and oxygen atoms in total. The van der Waals surface area contributed by atoms with Crippen molar-refractivity contribution in [3.8, 4) is 0 Å². The van der Waals surface area contributed by atoms with Gasteiger partial charge in [-0.25, -0.2) is 0 Å². The van der Waals surface area contributed by atoms with Crippen molar-refractivity contribution in [2.24, 2.45) is 67.5 Å². The Bertz CT molecular complexity index is 1680. The molecule has 0 unspecified atom stereocenters. The Morgan fingerprint density at radius 2 is 0.590 bits per heavy atom. The van der Waals surface area contributed by atoms with E-state index in [1.807, 2.05) is 92.9 Å². The van der Waals surface area contributed by atoms with E-state index in [-0.39, 0.29) is 33.6 Å². The number of carbonyl (C=O) groups excluding carboxylic acids is 3. The third-order valence-electron chi connectivity index (χ3n) is 17.3. The molecule has 10 heteroatoms. The van der Waals surface area contributed by atoms with Gasteiger partial charge >= 0.3 is 0 Å². The molecule has 5 rings (SSSR count). The Kier molecular flexibility index (Phi) is 33.3. The van der Waals surface area contributed by atoms with E-state index in [9.17, 15) is 14.4 Å². The molecule has 0 aromatic rings. The number of piperidine rings is 2. The Balaban J connectivity index is 0. The monoisotopic (exact) mass is 1170 g/mol. The van der Waals surface area contributed by atoms with Crippen LogP contribution in [0.15, 0.2) is 0 Å². The average molecular weight is 1180 g/mol. The molecule has 4 saturated heterocycles. The number of rotatable bonds is 0. The molecule has 1 aliphatic carbocycles. The number of likely N-dealkylation sites (tertiary alicyclic amines) is 2. The van der Waals surface area contributed by atoms with Crippen molar-refractivity contribution in [2.45, 2.75) is 310 Å². The van der Waals surface area contributed by atoms with Gasteiger partial charge in [0.2, 0.25) is 17.7 Å². The molecule has 5 fully saturated rings. The second-order valence-corrected chi connectivity index (χ2v) is 37.9. The molecule has 0 aromatic heterocycles. The van der Waals surface area contributed by atoms with Crippen LogP contribution in [-0.4, -0.2) is 143 Å². The predicted octanol–water partition coefficient (Wildman–Crippen LogP) is 17.2. The van der Waals surface area contributed by atoms with E-state index < -0.39 is 0 Å². The lowest BCUT2D eigenvalue weighted by atomic mass is 9.56. The Hall–Kier alpha value is -1.75. The van der Waals surface area contributed by atoms with E-state index >= 15 is 0 Å². The predicted molar refractivity (Wildman–Crippen MR) is 366 cm³/mol. The van der Waals surface area contributed by atoms with Crippen LogP contribution in [0.4, 0.5) is 0 Å². The Labute approximate surface area is 520 Å². The summed E-state index contributed by atoms with van der Waals surface area (Å²) >= 11 is 0. The molecule has 496 valence electrons. The molecule has 3 amide bonds. The van der Waals surface area contributed by atoms with Gasteiger partial charge in [-0.15, -0.1) is 0 Å². The molecular weight excluding hydrogens is 1020 g/mol. The maximum Gasteiger partial charge on any atom is 0.228 e. The first kappa shape index (κ1) is 83.3. The van der Waals surface area contributed by atoms with Crippen LogP contribution in [0, 0.1) is 67.5 Å². The van der Waals surface area contributed by atoms with Crippen LogP contribution in [0.3, 0.4) is 0 Å². The number of hydrogen-bond acceptors (Lipinski definition) is 7. The molecule has 2 N–H and O–H groups in total. The lowest BCUT2D eigenvalue weighted by Crippen LogP contribution is -2.57. The zero-order chi connectivity index (χ0) is 66.1. The molecule has 0 atom stereocenters. The fraction of sp³-hybridized carbons (Fsp3) is 0.959. The highest BCUT2D eigenvalue weighted by atomic mass is 16.2. The summed E-state index contributed by atoms with van der Waals surface area (Å²) in [4.78, 5) is 47.0. The highest BCUT2D eigenvalue weighted by Crippen LogP contribution is 2.51. The fourth-order valence-electron chi connectivity index (χ4n) is 10.8. The quantitative estimate of drug-likeness (QED) is 0.250. The lowest BCUT2D eigenvalue weighted by molar-refractivity contribution is -0.141. The highest BCUT2D eigenvalue weighted by Gasteiger charge is 2.42. The van der Waals surface area contributed by atoms with Crippen LogP contribution >= 0.6 is 0 Å². The summed E-state index contributed by atoms with van der Waals surface area (Å²) in [5, 5.41) is 6.15. The molecule has 4 aliphatic heterocycles. The van der Waals surface area contributed by atoms with Gasteiger partial charge in [-0.1, -0.05) is 166 Å².